The van der Waals surface area contributed by atoms with Crippen molar-refractivity contribution in [2.24, 2.45) is 11.5 Å². The molecule has 2 unspecified atom stereocenters. The fraction of sp³-hybridized carbons (Fsp3) is 0.429. The molecule has 0 aliphatic rings. The molecule has 1 rings (SSSR count). The third-order valence-electron chi connectivity index (χ3n) is 2.90. The average Bonchev–Trinajstić information content (AvgIpc) is 2.41. The molecule has 4 N–H and O–H groups in total. The number of amides is 2. The van der Waals surface area contributed by atoms with Crippen LogP contribution in [0.1, 0.15) is 37.9 Å². The summed E-state index contributed by atoms with van der Waals surface area (Å²) in [6, 6.07) is 6.80. The van der Waals surface area contributed by atoms with Crippen molar-refractivity contribution >= 4 is 23.8 Å². The number of hydrogen-bond acceptors (Lipinski definition) is 4. The van der Waals surface area contributed by atoms with E-state index in [4.69, 9.17) is 32.5 Å². The molecule has 0 saturated heterocycles. The van der Waals surface area contributed by atoms with Crippen molar-refractivity contribution in [2.75, 3.05) is 0 Å². The van der Waals surface area contributed by atoms with Crippen LogP contribution in [0, 0.1) is 0 Å². The van der Waals surface area contributed by atoms with Crippen LogP contribution in [0.3, 0.4) is 0 Å². The number of primary amides is 2. The molecule has 6 nitrogen and oxygen atoms in total. The summed E-state index contributed by atoms with van der Waals surface area (Å²) >= 11 is 6.11. The molecule has 1 aromatic carbocycles. The van der Waals surface area contributed by atoms with E-state index in [9.17, 15) is 9.59 Å². The van der Waals surface area contributed by atoms with Gasteiger partial charge in [-0.15, -0.1) is 0 Å². The molecule has 0 fully saturated rings. The van der Waals surface area contributed by atoms with E-state index < -0.39 is 24.4 Å². The van der Waals surface area contributed by atoms with E-state index in [1.165, 1.54) is 0 Å². The van der Waals surface area contributed by atoms with Crippen LogP contribution in [0.15, 0.2) is 24.3 Å². The fourth-order valence-corrected chi connectivity index (χ4v) is 2.24. The lowest BCUT2D eigenvalue weighted by molar-refractivity contribution is -0.00963. The Morgan fingerprint density at radius 3 is 2.33 bits per heavy atom. The summed E-state index contributed by atoms with van der Waals surface area (Å²) in [5, 5.41) is 0.387. The van der Waals surface area contributed by atoms with Gasteiger partial charge in [0.15, 0.2) is 6.10 Å². The first-order valence-electron chi connectivity index (χ1n) is 6.62. The molecule has 0 radical (unpaired) electrons. The lowest BCUT2D eigenvalue weighted by Gasteiger charge is -2.26. The maximum absolute atomic E-state index is 11.1. The van der Waals surface area contributed by atoms with E-state index in [0.717, 1.165) is 12.8 Å². The van der Waals surface area contributed by atoms with Gasteiger partial charge < -0.3 is 20.9 Å². The Hall–Kier alpha value is -1.95. The van der Waals surface area contributed by atoms with Crippen LogP contribution in [0.4, 0.5) is 9.59 Å². The largest absolute Gasteiger partial charge is 0.442 e. The molecule has 0 saturated carbocycles. The normalized spacial score (nSPS) is 13.2. The molecule has 0 aliphatic heterocycles. The number of hydrogen-bond donors (Lipinski definition) is 2. The Balaban J connectivity index is 3.09. The van der Waals surface area contributed by atoms with Gasteiger partial charge in [0.1, 0.15) is 6.10 Å². The minimum atomic E-state index is -0.977. The van der Waals surface area contributed by atoms with Crippen LogP contribution < -0.4 is 11.5 Å². The number of benzene rings is 1. The summed E-state index contributed by atoms with van der Waals surface area (Å²) in [6.07, 6.45) is -1.44. The average molecular weight is 315 g/mol. The molecular weight excluding hydrogens is 296 g/mol. The standard InChI is InChI=1S/C14H19ClN2O4/c1-2-3-8-11(20-13(16)18)12(21-14(17)19)9-6-4-5-7-10(9)15/h4-7,11-12H,2-3,8H2,1H3,(H2,16,18)(H2,17,19). The van der Waals surface area contributed by atoms with Gasteiger partial charge in [-0.2, -0.15) is 0 Å². The Kier molecular flexibility index (Phi) is 6.81. The van der Waals surface area contributed by atoms with Gasteiger partial charge >= 0.3 is 12.2 Å². The van der Waals surface area contributed by atoms with E-state index in [0.29, 0.717) is 17.0 Å². The molecule has 0 heterocycles. The van der Waals surface area contributed by atoms with Crippen LogP contribution in [-0.2, 0) is 9.47 Å². The zero-order valence-corrected chi connectivity index (χ0v) is 12.5. The van der Waals surface area contributed by atoms with E-state index in [1.54, 1.807) is 24.3 Å². The fourth-order valence-electron chi connectivity index (χ4n) is 2.00. The number of carbonyl (C=O) groups excluding carboxylic acids is 2. The Labute approximate surface area is 128 Å². The summed E-state index contributed by atoms with van der Waals surface area (Å²) < 4.78 is 10.2. The number of nitrogens with two attached hydrogens (primary N) is 2. The third kappa shape index (κ3) is 5.51. The molecule has 7 heteroatoms. The van der Waals surface area contributed by atoms with Crippen molar-refractivity contribution in [1.82, 2.24) is 0 Å². The van der Waals surface area contributed by atoms with Crippen molar-refractivity contribution < 1.29 is 19.1 Å². The summed E-state index contributed by atoms with van der Waals surface area (Å²) in [5.74, 6) is 0. The first-order valence-corrected chi connectivity index (χ1v) is 7.00. The van der Waals surface area contributed by atoms with Gasteiger partial charge in [0.25, 0.3) is 0 Å². The van der Waals surface area contributed by atoms with Crippen molar-refractivity contribution in [2.45, 2.75) is 38.4 Å². The van der Waals surface area contributed by atoms with Gasteiger partial charge in [-0.05, 0) is 18.9 Å². The van der Waals surface area contributed by atoms with Crippen molar-refractivity contribution in [3.05, 3.63) is 34.9 Å². The number of carbonyl (C=O) groups is 2. The molecule has 0 aromatic heterocycles. The number of unbranched alkanes of at least 4 members (excludes halogenated alkanes) is 1. The summed E-state index contributed by atoms with van der Waals surface area (Å²) in [5.41, 5.74) is 10.7. The second-order valence-corrected chi connectivity index (χ2v) is 4.90. The van der Waals surface area contributed by atoms with Crippen LogP contribution in [0.2, 0.25) is 5.02 Å². The maximum atomic E-state index is 11.1. The van der Waals surface area contributed by atoms with E-state index in [2.05, 4.69) is 0 Å². The van der Waals surface area contributed by atoms with Crippen molar-refractivity contribution in [3.8, 4) is 0 Å². The zero-order chi connectivity index (χ0) is 15.8. The smallest absolute Gasteiger partial charge is 0.405 e. The Morgan fingerprint density at radius 1 is 1.19 bits per heavy atom. The zero-order valence-electron chi connectivity index (χ0n) is 11.8. The van der Waals surface area contributed by atoms with Gasteiger partial charge in [0, 0.05) is 10.6 Å². The number of halogens is 1. The highest BCUT2D eigenvalue weighted by atomic mass is 35.5. The predicted octanol–water partition coefficient (Wildman–Crippen LogP) is 3.13. The molecule has 2 atom stereocenters. The molecule has 0 aliphatic carbocycles. The molecule has 116 valence electrons. The quantitative estimate of drug-likeness (QED) is 0.806. The predicted molar refractivity (Wildman–Crippen MR) is 78.8 cm³/mol. The number of rotatable bonds is 7. The first kappa shape index (κ1) is 17.1. The van der Waals surface area contributed by atoms with Crippen molar-refractivity contribution in [1.29, 1.82) is 0 Å². The van der Waals surface area contributed by atoms with Gasteiger partial charge in [-0.3, -0.25) is 0 Å². The summed E-state index contributed by atoms with van der Waals surface area (Å²) in [4.78, 5) is 22.2. The SMILES string of the molecule is CCCCC(OC(N)=O)C(OC(N)=O)c1ccccc1Cl. The Morgan fingerprint density at radius 2 is 1.81 bits per heavy atom. The lowest BCUT2D eigenvalue weighted by Crippen LogP contribution is -2.32. The third-order valence-corrected chi connectivity index (χ3v) is 3.25. The van der Waals surface area contributed by atoms with E-state index in [1.807, 2.05) is 6.92 Å². The first-order chi connectivity index (χ1) is 9.95. The molecular formula is C14H19ClN2O4. The molecule has 0 spiro atoms. The van der Waals surface area contributed by atoms with Gasteiger partial charge in [0.2, 0.25) is 0 Å². The van der Waals surface area contributed by atoms with Crippen LogP contribution in [-0.4, -0.2) is 18.3 Å². The van der Waals surface area contributed by atoms with Crippen LogP contribution in [0.5, 0.6) is 0 Å². The number of ether oxygens (including phenoxy) is 2. The van der Waals surface area contributed by atoms with Gasteiger partial charge in [0.05, 0.1) is 0 Å². The monoisotopic (exact) mass is 314 g/mol. The molecule has 0 bridgehead atoms. The highest BCUT2D eigenvalue weighted by molar-refractivity contribution is 6.31. The highest BCUT2D eigenvalue weighted by Gasteiger charge is 2.30. The topological polar surface area (TPSA) is 105 Å². The minimum Gasteiger partial charge on any atom is -0.442 e. The highest BCUT2D eigenvalue weighted by Crippen LogP contribution is 2.31. The molecule has 2 amide bonds. The van der Waals surface area contributed by atoms with Crippen LogP contribution in [0.25, 0.3) is 0 Å². The minimum absolute atomic E-state index is 0.387. The summed E-state index contributed by atoms with van der Waals surface area (Å²) in [7, 11) is 0. The van der Waals surface area contributed by atoms with Gasteiger partial charge in [-0.1, -0.05) is 43.1 Å². The second-order valence-electron chi connectivity index (χ2n) is 4.50. The van der Waals surface area contributed by atoms with Gasteiger partial charge in [-0.25, -0.2) is 9.59 Å². The lowest BCUT2D eigenvalue weighted by atomic mass is 9.99. The van der Waals surface area contributed by atoms with E-state index in [-0.39, 0.29) is 0 Å². The Bertz CT molecular complexity index is 496. The molecule has 21 heavy (non-hydrogen) atoms. The second kappa shape index (κ2) is 8.36. The van der Waals surface area contributed by atoms with Crippen molar-refractivity contribution in [3.63, 3.8) is 0 Å². The maximum Gasteiger partial charge on any atom is 0.405 e. The molecule has 1 aromatic rings. The van der Waals surface area contributed by atoms with Crippen LogP contribution >= 0.6 is 11.6 Å². The summed E-state index contributed by atoms with van der Waals surface area (Å²) in [6.45, 7) is 1.99. The van der Waals surface area contributed by atoms with E-state index >= 15 is 0 Å².